The number of fused-ring (bicyclic) bond motifs is 4. The number of nitrogens with one attached hydrogen (secondary N) is 2. The van der Waals surface area contributed by atoms with E-state index >= 15 is 0 Å². The molecule has 2 N–H and O–H groups in total. The van der Waals surface area contributed by atoms with Gasteiger partial charge in [-0.15, -0.1) is 0 Å². The molecule has 0 unspecified atom stereocenters. The van der Waals surface area contributed by atoms with Gasteiger partial charge in [0.1, 0.15) is 0 Å². The van der Waals surface area contributed by atoms with Crippen LogP contribution in [0.3, 0.4) is 0 Å². The third kappa shape index (κ3) is 2.84. The first-order chi connectivity index (χ1) is 15.1. The van der Waals surface area contributed by atoms with Gasteiger partial charge in [0.25, 0.3) is 0 Å². The summed E-state index contributed by atoms with van der Waals surface area (Å²) in [6, 6.07) is 15.3. The molecule has 2 aromatic heterocycles. The van der Waals surface area contributed by atoms with Crippen LogP contribution in [0.1, 0.15) is 26.3 Å². The Morgan fingerprint density at radius 1 is 0.742 bits per heavy atom. The van der Waals surface area contributed by atoms with Gasteiger partial charge in [-0.3, -0.25) is 9.59 Å². The third-order valence-electron chi connectivity index (χ3n) is 6.33. The highest BCUT2D eigenvalue weighted by Gasteiger charge is 2.16. The van der Waals surface area contributed by atoms with Crippen molar-refractivity contribution in [3.8, 4) is 0 Å². The number of aryl methyl sites for hydroxylation is 1. The molecule has 31 heavy (non-hydrogen) atoms. The number of para-hydroxylation sites is 1. The number of rotatable bonds is 4. The second kappa shape index (κ2) is 7.27. The number of hydrogen-bond donors (Lipinski definition) is 2. The van der Waals surface area contributed by atoms with E-state index in [2.05, 4.69) is 28.7 Å². The lowest BCUT2D eigenvalue weighted by Crippen LogP contribution is -2.22. The monoisotopic (exact) mass is 411 g/mol. The van der Waals surface area contributed by atoms with Crippen molar-refractivity contribution in [1.82, 2.24) is 9.97 Å². The highest BCUT2D eigenvalue weighted by Crippen LogP contribution is 2.28. The van der Waals surface area contributed by atoms with Crippen molar-refractivity contribution in [1.29, 1.82) is 0 Å². The lowest BCUT2D eigenvalue weighted by atomic mass is 9.98. The van der Waals surface area contributed by atoms with Crippen molar-refractivity contribution < 1.29 is 0 Å². The maximum Gasteiger partial charge on any atom is 0.197 e. The lowest BCUT2D eigenvalue weighted by molar-refractivity contribution is 0.867. The minimum Gasteiger partial charge on any atom is -0.372 e. The smallest absolute Gasteiger partial charge is 0.197 e. The summed E-state index contributed by atoms with van der Waals surface area (Å²) in [5.41, 5.74) is 4.94. The second-order valence-corrected chi connectivity index (χ2v) is 7.91. The Bertz CT molecular complexity index is 1590. The van der Waals surface area contributed by atoms with Crippen molar-refractivity contribution in [2.24, 2.45) is 0 Å². The van der Waals surface area contributed by atoms with E-state index in [1.54, 1.807) is 0 Å². The SMILES string of the molecule is CCc1c2[nH]c3ccccc3c(=O)c2cc2[nH]c3ccc(N(CC)CC)cc3c(=O)c12. The second-order valence-electron chi connectivity index (χ2n) is 7.91. The van der Waals surface area contributed by atoms with Crippen molar-refractivity contribution in [2.45, 2.75) is 27.2 Å². The molecule has 0 aliphatic carbocycles. The molecule has 2 heterocycles. The summed E-state index contributed by atoms with van der Waals surface area (Å²) in [6.07, 6.45) is 0.645. The highest BCUT2D eigenvalue weighted by molar-refractivity contribution is 6.06. The molecule has 5 heteroatoms. The topological polar surface area (TPSA) is 69.0 Å². The maximum absolute atomic E-state index is 13.7. The molecule has 5 rings (SSSR count). The summed E-state index contributed by atoms with van der Waals surface area (Å²) in [5, 5.41) is 2.60. The molecule has 3 aromatic carbocycles. The Labute approximate surface area is 179 Å². The Hall–Kier alpha value is -3.60. The molecular weight excluding hydrogens is 386 g/mol. The van der Waals surface area contributed by atoms with Gasteiger partial charge in [0.05, 0.1) is 16.4 Å². The van der Waals surface area contributed by atoms with Gasteiger partial charge in [-0.05, 0) is 62.2 Å². The van der Waals surface area contributed by atoms with Gasteiger partial charge in [-0.25, -0.2) is 0 Å². The molecule has 5 aromatic rings. The molecule has 0 amide bonds. The van der Waals surface area contributed by atoms with Crippen LogP contribution in [0, 0.1) is 0 Å². The largest absolute Gasteiger partial charge is 0.372 e. The zero-order chi connectivity index (χ0) is 21.7. The number of aromatic amines is 2. The van der Waals surface area contributed by atoms with Gasteiger partial charge in [0.2, 0.25) is 0 Å². The predicted octanol–water partition coefficient (Wildman–Crippen LogP) is 5.08. The van der Waals surface area contributed by atoms with Gasteiger partial charge in [0.15, 0.2) is 10.9 Å². The predicted molar refractivity (Wildman–Crippen MR) is 131 cm³/mol. The zero-order valence-electron chi connectivity index (χ0n) is 18.0. The molecule has 0 saturated carbocycles. The average molecular weight is 412 g/mol. The fourth-order valence-corrected chi connectivity index (χ4v) is 4.74. The van der Waals surface area contributed by atoms with Gasteiger partial charge >= 0.3 is 0 Å². The number of H-pyrrole nitrogens is 2. The number of hydrogen-bond acceptors (Lipinski definition) is 3. The van der Waals surface area contributed by atoms with E-state index in [1.807, 2.05) is 55.5 Å². The summed E-state index contributed by atoms with van der Waals surface area (Å²) in [6.45, 7) is 8.01. The molecule has 0 saturated heterocycles. The van der Waals surface area contributed by atoms with Crippen LogP contribution in [-0.4, -0.2) is 23.1 Å². The lowest BCUT2D eigenvalue weighted by Gasteiger charge is -2.21. The van der Waals surface area contributed by atoms with Gasteiger partial charge in [-0.1, -0.05) is 19.1 Å². The van der Waals surface area contributed by atoms with Crippen LogP contribution < -0.4 is 15.8 Å². The van der Waals surface area contributed by atoms with E-state index in [-0.39, 0.29) is 10.9 Å². The molecule has 0 fully saturated rings. The van der Waals surface area contributed by atoms with Crippen LogP contribution in [0.2, 0.25) is 0 Å². The van der Waals surface area contributed by atoms with Crippen LogP contribution >= 0.6 is 0 Å². The fraction of sp³-hybridized carbons (Fsp3) is 0.231. The van der Waals surface area contributed by atoms with E-state index in [0.29, 0.717) is 33.5 Å². The highest BCUT2D eigenvalue weighted by atomic mass is 16.1. The van der Waals surface area contributed by atoms with E-state index < -0.39 is 0 Å². The van der Waals surface area contributed by atoms with E-state index in [0.717, 1.165) is 40.9 Å². The van der Waals surface area contributed by atoms with Gasteiger partial charge in [0, 0.05) is 46.0 Å². The number of aromatic nitrogens is 2. The van der Waals surface area contributed by atoms with E-state index in [4.69, 9.17) is 0 Å². The summed E-state index contributed by atoms with van der Waals surface area (Å²) in [7, 11) is 0. The summed E-state index contributed by atoms with van der Waals surface area (Å²) < 4.78 is 0. The normalized spacial score (nSPS) is 11.7. The molecule has 0 spiro atoms. The quantitative estimate of drug-likeness (QED) is 0.405. The van der Waals surface area contributed by atoms with Crippen LogP contribution in [-0.2, 0) is 6.42 Å². The number of anilines is 1. The fourth-order valence-electron chi connectivity index (χ4n) is 4.74. The van der Waals surface area contributed by atoms with Crippen LogP contribution in [0.25, 0.3) is 43.6 Å². The first kappa shape index (κ1) is 19.4. The minimum atomic E-state index is -0.0150. The molecule has 0 radical (unpaired) electrons. The molecule has 0 aliphatic heterocycles. The van der Waals surface area contributed by atoms with Crippen molar-refractivity contribution in [2.75, 3.05) is 18.0 Å². The Morgan fingerprint density at radius 3 is 2.23 bits per heavy atom. The molecular formula is C26H25N3O2. The number of pyridine rings is 2. The summed E-state index contributed by atoms with van der Waals surface area (Å²) in [4.78, 5) is 36.0. The average Bonchev–Trinajstić information content (AvgIpc) is 2.79. The van der Waals surface area contributed by atoms with Crippen molar-refractivity contribution >= 4 is 49.3 Å². The van der Waals surface area contributed by atoms with Gasteiger partial charge < -0.3 is 14.9 Å². The third-order valence-corrected chi connectivity index (χ3v) is 6.33. The molecule has 156 valence electrons. The summed E-state index contributed by atoms with van der Waals surface area (Å²) in [5.74, 6) is 0. The van der Waals surface area contributed by atoms with Crippen molar-refractivity contribution in [3.05, 3.63) is 74.5 Å². The van der Waals surface area contributed by atoms with Gasteiger partial charge in [-0.2, -0.15) is 0 Å². The molecule has 0 bridgehead atoms. The summed E-state index contributed by atoms with van der Waals surface area (Å²) >= 11 is 0. The first-order valence-corrected chi connectivity index (χ1v) is 10.9. The van der Waals surface area contributed by atoms with Crippen LogP contribution in [0.5, 0.6) is 0 Å². The Balaban J connectivity index is 1.94. The number of benzene rings is 3. The van der Waals surface area contributed by atoms with Crippen LogP contribution in [0.4, 0.5) is 5.69 Å². The zero-order valence-corrected chi connectivity index (χ0v) is 18.0. The first-order valence-electron chi connectivity index (χ1n) is 10.9. The molecule has 0 aliphatic rings. The standard InChI is InChI=1S/C26H25N3O2/c1-4-16-23-22(14-19-24(16)28-20-10-8-7-9-17(20)25(19)30)27-21-12-11-15(29(5-2)6-3)13-18(21)26(23)31/h7-14H,4-6H2,1-3H3,(H,27,31)(H,28,30). The van der Waals surface area contributed by atoms with Crippen molar-refractivity contribution in [3.63, 3.8) is 0 Å². The number of nitrogens with zero attached hydrogens (tertiary/aromatic N) is 1. The maximum atomic E-state index is 13.7. The van der Waals surface area contributed by atoms with E-state index in [1.165, 1.54) is 0 Å². The Kier molecular flexibility index (Phi) is 4.54. The Morgan fingerprint density at radius 2 is 1.48 bits per heavy atom. The molecule has 5 nitrogen and oxygen atoms in total. The minimum absolute atomic E-state index is 0.00511. The van der Waals surface area contributed by atoms with E-state index in [9.17, 15) is 9.59 Å². The van der Waals surface area contributed by atoms with Crippen LogP contribution in [0.15, 0.2) is 58.1 Å². The molecule has 0 atom stereocenters.